The summed E-state index contributed by atoms with van der Waals surface area (Å²) in [5.41, 5.74) is 5.40. The highest BCUT2D eigenvalue weighted by molar-refractivity contribution is 6.42. The number of methoxy groups -OCH3 is 1. The number of aliphatic hydroxyl groups excluding tert-OH is 1. The maximum absolute atomic E-state index is 9.31. The van der Waals surface area contributed by atoms with E-state index in [-0.39, 0.29) is 6.61 Å². The van der Waals surface area contributed by atoms with Gasteiger partial charge in [-0.05, 0) is 47.5 Å². The molecular formula is C23H21Cl2N3O2. The van der Waals surface area contributed by atoms with Crippen LogP contribution in [0.15, 0.2) is 65.7 Å². The highest BCUT2D eigenvalue weighted by atomic mass is 35.5. The highest BCUT2D eigenvalue weighted by Gasteiger charge is 2.13. The van der Waals surface area contributed by atoms with Crippen LogP contribution >= 0.6 is 23.2 Å². The molecule has 0 radical (unpaired) electrons. The second kappa shape index (κ2) is 8.56. The summed E-state index contributed by atoms with van der Waals surface area (Å²) in [6.45, 7) is 0.615. The maximum Gasteiger partial charge on any atom is 0.211 e. The first-order valence-corrected chi connectivity index (χ1v) is 10.2. The Hall–Kier alpha value is -2.73. The van der Waals surface area contributed by atoms with Gasteiger partial charge in [-0.15, -0.1) is 0 Å². The second-order valence-corrected chi connectivity index (χ2v) is 7.80. The summed E-state index contributed by atoms with van der Waals surface area (Å²) in [6, 6.07) is 19.2. The topological polar surface area (TPSA) is 51.7 Å². The molecule has 5 nitrogen and oxygen atoms in total. The molecule has 0 saturated heterocycles. The number of rotatable bonds is 5. The van der Waals surface area contributed by atoms with Crippen molar-refractivity contribution in [2.24, 2.45) is 12.0 Å². The molecule has 0 atom stereocenters. The Morgan fingerprint density at radius 3 is 2.10 bits per heavy atom. The van der Waals surface area contributed by atoms with Crippen molar-refractivity contribution in [2.45, 2.75) is 13.2 Å². The third-order valence-electron chi connectivity index (χ3n) is 5.06. The highest BCUT2D eigenvalue weighted by Crippen LogP contribution is 2.28. The van der Waals surface area contributed by atoms with Crippen molar-refractivity contribution in [2.75, 3.05) is 7.11 Å². The van der Waals surface area contributed by atoms with Crippen LogP contribution in [0.4, 0.5) is 5.69 Å². The van der Waals surface area contributed by atoms with Gasteiger partial charge in [-0.1, -0.05) is 47.5 Å². The van der Waals surface area contributed by atoms with Gasteiger partial charge in [-0.3, -0.25) is 0 Å². The average Bonchev–Trinajstić information content (AvgIpc) is 3.00. The number of ether oxygens (including phenoxy) is 1. The van der Waals surface area contributed by atoms with Crippen LogP contribution in [0.2, 0.25) is 10.0 Å². The lowest BCUT2D eigenvalue weighted by Crippen LogP contribution is -2.24. The molecule has 0 fully saturated rings. The zero-order valence-corrected chi connectivity index (χ0v) is 18.2. The number of nitrogens with zero attached hydrogens (tertiary/aromatic N) is 3. The standard InChI is InChI=1S/C23H21Cl2N3O2/c1-27-21-11-19(24)20(25)12-22(21)28(13-15-3-5-16(14-29)6-4-15)23(27)26-17-7-9-18(30-2)10-8-17/h3-12,29H,13-14H2,1-2H3. The monoisotopic (exact) mass is 441 g/mol. The van der Waals surface area contributed by atoms with Crippen LogP contribution in [0.25, 0.3) is 11.0 Å². The fraction of sp³-hybridized carbons (Fsp3) is 0.174. The Kier molecular flexibility index (Phi) is 5.86. The molecule has 7 heteroatoms. The third-order valence-corrected chi connectivity index (χ3v) is 5.78. The summed E-state index contributed by atoms with van der Waals surface area (Å²) in [7, 11) is 3.60. The molecule has 0 bridgehead atoms. The van der Waals surface area contributed by atoms with Crippen LogP contribution < -0.4 is 10.4 Å². The number of aromatic nitrogens is 2. The lowest BCUT2D eigenvalue weighted by atomic mass is 10.1. The van der Waals surface area contributed by atoms with Crippen LogP contribution in [-0.4, -0.2) is 21.4 Å². The predicted octanol–water partition coefficient (Wildman–Crippen LogP) is 5.07. The average molecular weight is 442 g/mol. The van der Waals surface area contributed by atoms with Crippen molar-refractivity contribution in [3.63, 3.8) is 0 Å². The molecule has 1 aromatic heterocycles. The second-order valence-electron chi connectivity index (χ2n) is 6.98. The number of fused-ring (bicyclic) bond motifs is 1. The fourth-order valence-corrected chi connectivity index (χ4v) is 3.72. The summed E-state index contributed by atoms with van der Waals surface area (Å²) in [5.74, 6) is 0.779. The number of imidazole rings is 1. The Labute approximate surface area is 184 Å². The van der Waals surface area contributed by atoms with Crippen molar-refractivity contribution in [1.29, 1.82) is 0 Å². The molecule has 4 rings (SSSR count). The van der Waals surface area contributed by atoms with Gasteiger partial charge in [-0.25, -0.2) is 4.99 Å². The van der Waals surface area contributed by atoms with Gasteiger partial charge >= 0.3 is 0 Å². The molecule has 30 heavy (non-hydrogen) atoms. The van der Waals surface area contributed by atoms with E-state index in [9.17, 15) is 5.11 Å². The lowest BCUT2D eigenvalue weighted by molar-refractivity contribution is 0.282. The summed E-state index contributed by atoms with van der Waals surface area (Å²) < 4.78 is 9.35. The number of hydrogen-bond donors (Lipinski definition) is 1. The van der Waals surface area contributed by atoms with Crippen LogP contribution in [0.3, 0.4) is 0 Å². The molecule has 1 N–H and O–H groups in total. The van der Waals surface area contributed by atoms with Crippen molar-refractivity contribution in [3.8, 4) is 5.75 Å². The molecule has 4 aromatic rings. The number of aryl methyl sites for hydroxylation is 1. The number of aliphatic hydroxyl groups is 1. The van der Waals surface area contributed by atoms with Crippen LogP contribution in [-0.2, 0) is 20.2 Å². The quantitative estimate of drug-likeness (QED) is 0.469. The largest absolute Gasteiger partial charge is 0.497 e. The first-order chi connectivity index (χ1) is 14.5. The SMILES string of the molecule is COc1ccc(N=c2n(C)c3cc(Cl)c(Cl)cc3n2Cc2ccc(CO)cc2)cc1. The zero-order chi connectivity index (χ0) is 21.3. The third kappa shape index (κ3) is 3.97. The number of benzene rings is 3. The molecule has 0 aliphatic heterocycles. The van der Waals surface area contributed by atoms with Crippen LogP contribution in [0.5, 0.6) is 5.75 Å². The maximum atomic E-state index is 9.31. The minimum Gasteiger partial charge on any atom is -0.497 e. The lowest BCUT2D eigenvalue weighted by Gasteiger charge is -2.07. The van der Waals surface area contributed by atoms with E-state index < -0.39 is 0 Å². The van der Waals surface area contributed by atoms with E-state index in [1.807, 2.05) is 72.3 Å². The molecule has 0 spiro atoms. The van der Waals surface area contributed by atoms with Crippen LogP contribution in [0.1, 0.15) is 11.1 Å². The Morgan fingerprint density at radius 2 is 1.50 bits per heavy atom. The van der Waals surface area contributed by atoms with Crippen molar-refractivity contribution >= 4 is 39.9 Å². The zero-order valence-electron chi connectivity index (χ0n) is 16.6. The Bertz CT molecular complexity index is 1260. The van der Waals surface area contributed by atoms with E-state index in [4.69, 9.17) is 32.9 Å². The molecule has 0 unspecified atom stereocenters. The normalized spacial score (nSPS) is 12.0. The predicted molar refractivity (Wildman–Crippen MR) is 121 cm³/mol. The minimum atomic E-state index is 0.0217. The van der Waals surface area contributed by atoms with Crippen molar-refractivity contribution in [1.82, 2.24) is 9.13 Å². The molecule has 0 aliphatic carbocycles. The summed E-state index contributed by atoms with van der Waals surface area (Å²) in [6.07, 6.45) is 0. The number of hydrogen-bond acceptors (Lipinski definition) is 3. The van der Waals surface area contributed by atoms with Gasteiger partial charge in [0.05, 0.1) is 47.0 Å². The summed E-state index contributed by atoms with van der Waals surface area (Å²) in [4.78, 5) is 4.89. The molecule has 0 aliphatic rings. The fourth-order valence-electron chi connectivity index (χ4n) is 3.40. The van der Waals surface area contributed by atoms with Crippen molar-refractivity contribution < 1.29 is 9.84 Å². The van der Waals surface area contributed by atoms with Gasteiger partial charge in [-0.2, -0.15) is 0 Å². The van der Waals surface area contributed by atoms with Crippen molar-refractivity contribution in [3.05, 3.63) is 87.5 Å². The molecule has 154 valence electrons. The minimum absolute atomic E-state index is 0.0217. The smallest absolute Gasteiger partial charge is 0.211 e. The first-order valence-electron chi connectivity index (χ1n) is 9.42. The Morgan fingerprint density at radius 1 is 0.900 bits per heavy atom. The van der Waals surface area contributed by atoms with Crippen LogP contribution in [0, 0.1) is 0 Å². The van der Waals surface area contributed by atoms with E-state index in [2.05, 4.69) is 4.57 Å². The molecule has 0 amide bonds. The van der Waals surface area contributed by atoms with Gasteiger partial charge in [0.2, 0.25) is 5.62 Å². The van der Waals surface area contributed by atoms with E-state index in [1.54, 1.807) is 7.11 Å². The van der Waals surface area contributed by atoms with E-state index in [0.29, 0.717) is 16.6 Å². The first kappa shape index (κ1) is 20.5. The van der Waals surface area contributed by atoms with Gasteiger partial charge in [0.1, 0.15) is 5.75 Å². The van der Waals surface area contributed by atoms with E-state index >= 15 is 0 Å². The van der Waals surface area contributed by atoms with Gasteiger partial charge in [0.15, 0.2) is 0 Å². The molecule has 1 heterocycles. The molecular weight excluding hydrogens is 421 g/mol. The summed E-state index contributed by atoms with van der Waals surface area (Å²) in [5, 5.41) is 10.3. The van der Waals surface area contributed by atoms with Gasteiger partial charge < -0.3 is 19.0 Å². The summed E-state index contributed by atoms with van der Waals surface area (Å²) >= 11 is 12.6. The molecule has 3 aromatic carbocycles. The van der Waals surface area contributed by atoms with Gasteiger partial charge in [0.25, 0.3) is 0 Å². The Balaban J connectivity index is 1.91. The van der Waals surface area contributed by atoms with E-state index in [0.717, 1.165) is 39.2 Å². The van der Waals surface area contributed by atoms with E-state index in [1.165, 1.54) is 0 Å². The molecule has 0 saturated carbocycles. The number of halogens is 2. The van der Waals surface area contributed by atoms with Gasteiger partial charge in [0, 0.05) is 7.05 Å².